The fraction of sp³-hybridized carbons (Fsp3) is 0.0606. The van der Waals surface area contributed by atoms with E-state index in [0.717, 1.165) is 50.2 Å². The van der Waals surface area contributed by atoms with Gasteiger partial charge in [-0.05, 0) is 60.7 Å². The number of nitrogens with zero attached hydrogens (tertiary/aromatic N) is 2. The van der Waals surface area contributed by atoms with E-state index < -0.39 is 0 Å². The van der Waals surface area contributed by atoms with E-state index in [2.05, 4.69) is 76.1 Å². The van der Waals surface area contributed by atoms with Gasteiger partial charge in [0.2, 0.25) is 11.0 Å². The van der Waals surface area contributed by atoms with Crippen molar-refractivity contribution in [1.29, 1.82) is 0 Å². The average Bonchev–Trinajstić information content (AvgIpc) is 2.98. The molecule has 0 saturated heterocycles. The summed E-state index contributed by atoms with van der Waals surface area (Å²) < 4.78 is 4.20. The van der Waals surface area contributed by atoms with E-state index in [4.69, 9.17) is 0 Å². The number of hydrogen-bond donors (Lipinski definition) is 3. The third-order valence-electron chi connectivity index (χ3n) is 6.90. The standard InChI is InChI=1S/C33H27N5O/c1-37-21-19-27(20-22-37)34-24-13-11-23(12-14-24)33(39)36-26-17-15-25(16-18-26)35-32-28-7-3-5-9-30(28)38(2)31-10-6-4-8-29(31)32/h3-22H,1-2H3,(H,36,39)/p+2. The van der Waals surface area contributed by atoms with Crippen molar-refractivity contribution in [2.45, 2.75) is 0 Å². The minimum atomic E-state index is -0.151. The third kappa shape index (κ3) is 5.00. The Kier molecular flexibility index (Phi) is 6.35. The Morgan fingerprint density at radius 2 is 1.05 bits per heavy atom. The molecule has 0 saturated carbocycles. The number of aryl methyl sites for hydroxylation is 2. The molecule has 0 spiro atoms. The van der Waals surface area contributed by atoms with Crippen LogP contribution in [0.25, 0.3) is 21.8 Å². The first-order valence-corrected chi connectivity index (χ1v) is 12.9. The third-order valence-corrected chi connectivity index (χ3v) is 6.90. The normalized spacial score (nSPS) is 10.9. The van der Waals surface area contributed by atoms with Gasteiger partial charge in [-0.25, -0.2) is 4.57 Å². The first-order chi connectivity index (χ1) is 19.0. The van der Waals surface area contributed by atoms with Gasteiger partial charge in [-0.1, -0.05) is 24.3 Å². The van der Waals surface area contributed by atoms with Crippen molar-refractivity contribution in [2.75, 3.05) is 16.0 Å². The fourth-order valence-electron chi connectivity index (χ4n) is 4.80. The van der Waals surface area contributed by atoms with Crippen LogP contribution < -0.4 is 25.1 Å². The zero-order valence-corrected chi connectivity index (χ0v) is 21.8. The number of carbonyl (C=O) groups excluding carboxylic acids is 1. The van der Waals surface area contributed by atoms with E-state index in [1.165, 1.54) is 0 Å². The van der Waals surface area contributed by atoms with E-state index in [9.17, 15) is 4.79 Å². The Bertz CT molecular complexity index is 1740. The Labute approximate surface area is 227 Å². The number of para-hydroxylation sites is 2. The van der Waals surface area contributed by atoms with Crippen LogP contribution in [0.3, 0.4) is 0 Å². The Morgan fingerprint density at radius 1 is 0.564 bits per heavy atom. The molecule has 0 radical (unpaired) electrons. The van der Waals surface area contributed by atoms with Gasteiger partial charge >= 0.3 is 0 Å². The molecular formula is C33H29N5O+2. The smallest absolute Gasteiger partial charge is 0.255 e. The number of fused-ring (bicyclic) bond motifs is 2. The Morgan fingerprint density at radius 3 is 1.67 bits per heavy atom. The summed E-state index contributed by atoms with van der Waals surface area (Å²) in [6.45, 7) is 0. The number of pyridine rings is 2. The summed E-state index contributed by atoms with van der Waals surface area (Å²) in [5.74, 6) is -0.151. The van der Waals surface area contributed by atoms with Crippen LogP contribution in [-0.2, 0) is 14.1 Å². The molecule has 6 nitrogen and oxygen atoms in total. The molecule has 0 unspecified atom stereocenters. The van der Waals surface area contributed by atoms with Crippen LogP contribution in [0, 0.1) is 0 Å². The van der Waals surface area contributed by atoms with E-state index in [1.54, 1.807) is 0 Å². The quantitative estimate of drug-likeness (QED) is 0.180. The highest BCUT2D eigenvalue weighted by atomic mass is 16.1. The molecule has 0 aliphatic carbocycles. The maximum absolute atomic E-state index is 12.9. The molecule has 2 heterocycles. The molecule has 6 rings (SSSR count). The zero-order chi connectivity index (χ0) is 26.8. The monoisotopic (exact) mass is 511 g/mol. The zero-order valence-electron chi connectivity index (χ0n) is 21.8. The van der Waals surface area contributed by atoms with Crippen LogP contribution in [0.15, 0.2) is 122 Å². The van der Waals surface area contributed by atoms with Crippen molar-refractivity contribution >= 4 is 56.1 Å². The number of benzene rings is 4. The maximum atomic E-state index is 12.9. The fourth-order valence-corrected chi connectivity index (χ4v) is 4.80. The van der Waals surface area contributed by atoms with Crippen molar-refractivity contribution in [3.8, 4) is 0 Å². The van der Waals surface area contributed by atoms with E-state index in [0.29, 0.717) is 5.56 Å². The molecule has 0 aliphatic heterocycles. The van der Waals surface area contributed by atoms with Crippen LogP contribution in [0.1, 0.15) is 10.4 Å². The number of carbonyl (C=O) groups is 1. The summed E-state index contributed by atoms with van der Waals surface area (Å²) in [6, 6.07) is 36.1. The largest absolute Gasteiger partial charge is 0.355 e. The number of anilines is 5. The lowest BCUT2D eigenvalue weighted by Gasteiger charge is -2.13. The number of rotatable bonds is 6. The predicted octanol–water partition coefficient (Wildman–Crippen LogP) is 6.38. The van der Waals surface area contributed by atoms with Crippen molar-refractivity contribution in [3.63, 3.8) is 0 Å². The molecule has 0 bridgehead atoms. The number of nitrogens with one attached hydrogen (secondary N) is 3. The highest BCUT2D eigenvalue weighted by Gasteiger charge is 2.17. The van der Waals surface area contributed by atoms with Gasteiger partial charge in [0.15, 0.2) is 12.4 Å². The van der Waals surface area contributed by atoms with Gasteiger partial charge in [0, 0.05) is 46.9 Å². The Hall–Kier alpha value is -5.23. The molecule has 0 atom stereocenters. The maximum Gasteiger partial charge on any atom is 0.255 e. The second-order valence-corrected chi connectivity index (χ2v) is 9.58. The van der Waals surface area contributed by atoms with Crippen molar-refractivity contribution in [3.05, 3.63) is 127 Å². The number of aromatic nitrogens is 2. The van der Waals surface area contributed by atoms with Gasteiger partial charge in [-0.2, -0.15) is 4.57 Å². The summed E-state index contributed by atoms with van der Waals surface area (Å²) in [4.78, 5) is 12.9. The van der Waals surface area contributed by atoms with Gasteiger partial charge in [-0.15, -0.1) is 0 Å². The van der Waals surface area contributed by atoms with Gasteiger partial charge in [0.25, 0.3) is 5.91 Å². The van der Waals surface area contributed by atoms with Gasteiger partial charge < -0.3 is 16.0 Å². The minimum Gasteiger partial charge on any atom is -0.355 e. The first kappa shape index (κ1) is 24.1. The molecule has 190 valence electrons. The van der Waals surface area contributed by atoms with Crippen LogP contribution in [0.2, 0.25) is 0 Å². The summed E-state index contributed by atoms with van der Waals surface area (Å²) in [6.07, 6.45) is 3.96. The second kappa shape index (κ2) is 10.3. The highest BCUT2D eigenvalue weighted by Crippen LogP contribution is 2.32. The van der Waals surface area contributed by atoms with E-state index in [1.807, 2.05) is 84.7 Å². The molecular weight excluding hydrogens is 482 g/mol. The van der Waals surface area contributed by atoms with Crippen molar-refractivity contribution < 1.29 is 13.9 Å². The van der Waals surface area contributed by atoms with Gasteiger partial charge in [-0.3, -0.25) is 4.79 Å². The molecule has 0 aliphatic rings. The molecule has 6 heteroatoms. The van der Waals surface area contributed by atoms with Gasteiger partial charge in [0.1, 0.15) is 14.1 Å². The van der Waals surface area contributed by atoms with Crippen molar-refractivity contribution in [2.24, 2.45) is 14.1 Å². The topological polar surface area (TPSA) is 60.9 Å². The predicted molar refractivity (Wildman–Crippen MR) is 158 cm³/mol. The van der Waals surface area contributed by atoms with E-state index in [-0.39, 0.29) is 5.91 Å². The molecule has 6 aromatic rings. The second-order valence-electron chi connectivity index (χ2n) is 9.58. The van der Waals surface area contributed by atoms with Crippen LogP contribution in [-0.4, -0.2) is 5.91 Å². The summed E-state index contributed by atoms with van der Waals surface area (Å²) in [5.41, 5.74) is 7.56. The molecule has 1 amide bonds. The summed E-state index contributed by atoms with van der Waals surface area (Å²) in [7, 11) is 4.08. The Balaban J connectivity index is 1.17. The lowest BCUT2D eigenvalue weighted by molar-refractivity contribution is -0.671. The number of amides is 1. The number of hydrogen-bond acceptors (Lipinski definition) is 3. The summed E-state index contributed by atoms with van der Waals surface area (Å²) in [5, 5.41) is 12.3. The van der Waals surface area contributed by atoms with Crippen LogP contribution in [0.5, 0.6) is 0 Å². The minimum absolute atomic E-state index is 0.151. The molecule has 4 aromatic carbocycles. The lowest BCUT2D eigenvalue weighted by atomic mass is 10.1. The van der Waals surface area contributed by atoms with E-state index >= 15 is 0 Å². The molecule has 39 heavy (non-hydrogen) atoms. The molecule has 3 N–H and O–H groups in total. The molecule has 2 aromatic heterocycles. The SMILES string of the molecule is C[n+]1ccc(Nc2ccc(C(=O)Nc3ccc(Nc4c5ccccc5[n+](C)c5ccccc45)cc3)cc2)cc1. The lowest BCUT2D eigenvalue weighted by Crippen LogP contribution is -2.30. The van der Waals surface area contributed by atoms with Crippen LogP contribution >= 0.6 is 0 Å². The van der Waals surface area contributed by atoms with Gasteiger partial charge in [0.05, 0.1) is 22.1 Å². The first-order valence-electron chi connectivity index (χ1n) is 12.9. The van der Waals surface area contributed by atoms with Crippen molar-refractivity contribution in [1.82, 2.24) is 0 Å². The summed E-state index contributed by atoms with van der Waals surface area (Å²) >= 11 is 0. The van der Waals surface area contributed by atoms with Crippen LogP contribution in [0.4, 0.5) is 28.4 Å². The molecule has 0 fully saturated rings. The average molecular weight is 512 g/mol. The highest BCUT2D eigenvalue weighted by molar-refractivity contribution is 6.07.